The molecular formula is C18H27FN2. The highest BCUT2D eigenvalue weighted by molar-refractivity contribution is 5.18. The van der Waals surface area contributed by atoms with E-state index in [1.54, 1.807) is 12.1 Å². The Balaban J connectivity index is 1.81. The van der Waals surface area contributed by atoms with Gasteiger partial charge in [-0.25, -0.2) is 4.39 Å². The topological polar surface area (TPSA) is 15.3 Å². The summed E-state index contributed by atoms with van der Waals surface area (Å²) in [5, 5.41) is 3.80. The van der Waals surface area contributed by atoms with E-state index >= 15 is 0 Å². The average Bonchev–Trinajstić information content (AvgIpc) is 2.96. The SMILES string of the molecule is CCC1(C)CN(Cc2ccc(F)cc2)C2(CCCC2)CN1. The molecule has 1 heterocycles. The quantitative estimate of drug-likeness (QED) is 0.913. The molecule has 2 fully saturated rings. The van der Waals surface area contributed by atoms with Gasteiger partial charge in [-0.05, 0) is 43.9 Å². The summed E-state index contributed by atoms with van der Waals surface area (Å²) in [6.45, 7) is 7.71. The van der Waals surface area contributed by atoms with Crippen molar-refractivity contribution in [2.75, 3.05) is 13.1 Å². The van der Waals surface area contributed by atoms with Gasteiger partial charge in [-0.2, -0.15) is 0 Å². The van der Waals surface area contributed by atoms with Crippen molar-refractivity contribution in [2.45, 2.75) is 63.6 Å². The lowest BCUT2D eigenvalue weighted by molar-refractivity contribution is 0.00531. The van der Waals surface area contributed by atoms with Gasteiger partial charge in [0.25, 0.3) is 0 Å². The summed E-state index contributed by atoms with van der Waals surface area (Å²) < 4.78 is 13.1. The Morgan fingerprint density at radius 3 is 2.48 bits per heavy atom. The summed E-state index contributed by atoms with van der Waals surface area (Å²) in [7, 11) is 0. The molecule has 1 aliphatic carbocycles. The number of hydrogen-bond acceptors (Lipinski definition) is 2. The summed E-state index contributed by atoms with van der Waals surface area (Å²) in [6, 6.07) is 7.03. The molecular weight excluding hydrogens is 263 g/mol. The van der Waals surface area contributed by atoms with Crippen LogP contribution in [0.4, 0.5) is 4.39 Å². The molecule has 1 atom stereocenters. The largest absolute Gasteiger partial charge is 0.308 e. The van der Waals surface area contributed by atoms with Gasteiger partial charge in [0, 0.05) is 30.7 Å². The molecule has 0 amide bonds. The minimum Gasteiger partial charge on any atom is -0.308 e. The van der Waals surface area contributed by atoms with Gasteiger partial charge in [0.1, 0.15) is 5.82 Å². The van der Waals surface area contributed by atoms with Crippen molar-refractivity contribution in [2.24, 2.45) is 0 Å². The molecule has 0 aromatic heterocycles. The van der Waals surface area contributed by atoms with Gasteiger partial charge >= 0.3 is 0 Å². The molecule has 1 aromatic rings. The van der Waals surface area contributed by atoms with Crippen LogP contribution in [-0.4, -0.2) is 29.1 Å². The molecule has 1 aliphatic heterocycles. The molecule has 1 aromatic carbocycles. The first-order valence-corrected chi connectivity index (χ1v) is 8.30. The summed E-state index contributed by atoms with van der Waals surface area (Å²) >= 11 is 0. The molecule has 3 heteroatoms. The number of piperazine rings is 1. The zero-order chi connectivity index (χ0) is 14.9. The summed E-state index contributed by atoms with van der Waals surface area (Å²) in [5.74, 6) is -0.145. The Bertz CT molecular complexity index is 478. The van der Waals surface area contributed by atoms with E-state index in [2.05, 4.69) is 24.1 Å². The van der Waals surface area contributed by atoms with Crippen LogP contribution in [0.2, 0.25) is 0 Å². The Kier molecular flexibility index (Phi) is 4.06. The first-order chi connectivity index (χ1) is 10.1. The van der Waals surface area contributed by atoms with Gasteiger partial charge in [-0.15, -0.1) is 0 Å². The Morgan fingerprint density at radius 1 is 1.19 bits per heavy atom. The number of benzene rings is 1. The van der Waals surface area contributed by atoms with Gasteiger partial charge in [0.05, 0.1) is 0 Å². The van der Waals surface area contributed by atoms with Crippen molar-refractivity contribution >= 4 is 0 Å². The second-order valence-electron chi connectivity index (χ2n) is 7.18. The fourth-order valence-electron chi connectivity index (χ4n) is 3.93. The van der Waals surface area contributed by atoms with Crippen molar-refractivity contribution in [3.63, 3.8) is 0 Å². The van der Waals surface area contributed by atoms with E-state index < -0.39 is 0 Å². The Hall–Kier alpha value is -0.930. The molecule has 1 saturated heterocycles. The number of rotatable bonds is 3. The lowest BCUT2D eigenvalue weighted by Gasteiger charge is -2.52. The highest BCUT2D eigenvalue weighted by atomic mass is 19.1. The number of halogens is 1. The maximum Gasteiger partial charge on any atom is 0.123 e. The summed E-state index contributed by atoms with van der Waals surface area (Å²) in [5.41, 5.74) is 1.75. The van der Waals surface area contributed by atoms with E-state index in [4.69, 9.17) is 0 Å². The molecule has 1 N–H and O–H groups in total. The van der Waals surface area contributed by atoms with Gasteiger partial charge in [0.15, 0.2) is 0 Å². The molecule has 1 saturated carbocycles. The molecule has 0 bridgehead atoms. The third-order valence-electron chi connectivity index (χ3n) is 5.66. The van der Waals surface area contributed by atoms with Crippen LogP contribution >= 0.6 is 0 Å². The zero-order valence-corrected chi connectivity index (χ0v) is 13.3. The minimum absolute atomic E-state index is 0.145. The summed E-state index contributed by atoms with van der Waals surface area (Å²) in [4.78, 5) is 2.67. The van der Waals surface area contributed by atoms with Gasteiger partial charge < -0.3 is 5.32 Å². The summed E-state index contributed by atoms with van der Waals surface area (Å²) in [6.07, 6.45) is 6.40. The van der Waals surface area contributed by atoms with Gasteiger partial charge in [0.2, 0.25) is 0 Å². The van der Waals surface area contributed by atoms with E-state index in [0.29, 0.717) is 5.54 Å². The van der Waals surface area contributed by atoms with E-state index in [0.717, 1.165) is 26.1 Å². The van der Waals surface area contributed by atoms with E-state index in [1.807, 2.05) is 12.1 Å². The van der Waals surface area contributed by atoms with Crippen molar-refractivity contribution in [3.8, 4) is 0 Å². The smallest absolute Gasteiger partial charge is 0.123 e. The van der Waals surface area contributed by atoms with Crippen LogP contribution in [0.5, 0.6) is 0 Å². The minimum atomic E-state index is -0.145. The van der Waals surface area contributed by atoms with Crippen LogP contribution in [0, 0.1) is 5.82 Å². The second kappa shape index (κ2) is 5.69. The van der Waals surface area contributed by atoms with Gasteiger partial charge in [-0.1, -0.05) is 31.9 Å². The standard InChI is InChI=1S/C18H27FN2/c1-3-17(2)14-21(12-15-6-8-16(19)9-7-15)18(13-20-17)10-4-5-11-18/h6-9,20H,3-5,10-14H2,1-2H3. The highest BCUT2D eigenvalue weighted by Gasteiger charge is 2.46. The molecule has 21 heavy (non-hydrogen) atoms. The van der Waals surface area contributed by atoms with E-state index in [-0.39, 0.29) is 11.4 Å². The van der Waals surface area contributed by atoms with Crippen LogP contribution in [-0.2, 0) is 6.54 Å². The Morgan fingerprint density at radius 2 is 1.86 bits per heavy atom. The maximum absolute atomic E-state index is 13.1. The van der Waals surface area contributed by atoms with Crippen LogP contribution < -0.4 is 5.32 Å². The normalized spacial score (nSPS) is 29.1. The molecule has 1 unspecified atom stereocenters. The zero-order valence-electron chi connectivity index (χ0n) is 13.3. The van der Waals surface area contributed by atoms with Crippen LogP contribution in [0.3, 0.4) is 0 Å². The fraction of sp³-hybridized carbons (Fsp3) is 0.667. The van der Waals surface area contributed by atoms with Crippen molar-refractivity contribution in [1.29, 1.82) is 0 Å². The second-order valence-corrected chi connectivity index (χ2v) is 7.18. The molecule has 3 rings (SSSR count). The predicted octanol–water partition coefficient (Wildman–Crippen LogP) is 3.71. The van der Waals surface area contributed by atoms with E-state index in [9.17, 15) is 4.39 Å². The lowest BCUT2D eigenvalue weighted by atomic mass is 9.84. The molecule has 0 radical (unpaired) electrons. The van der Waals surface area contributed by atoms with Crippen molar-refractivity contribution < 1.29 is 4.39 Å². The third-order valence-corrected chi connectivity index (χ3v) is 5.66. The van der Waals surface area contributed by atoms with Gasteiger partial charge in [-0.3, -0.25) is 4.90 Å². The molecule has 116 valence electrons. The van der Waals surface area contributed by atoms with Crippen LogP contribution in [0.15, 0.2) is 24.3 Å². The lowest BCUT2D eigenvalue weighted by Crippen LogP contribution is -2.67. The number of nitrogens with one attached hydrogen (secondary N) is 1. The molecule has 1 spiro atoms. The Labute approximate surface area is 127 Å². The average molecular weight is 290 g/mol. The van der Waals surface area contributed by atoms with E-state index in [1.165, 1.54) is 31.2 Å². The molecule has 2 nitrogen and oxygen atoms in total. The first kappa shape index (κ1) is 15.0. The van der Waals surface area contributed by atoms with Crippen LogP contribution in [0.1, 0.15) is 51.5 Å². The highest BCUT2D eigenvalue weighted by Crippen LogP contribution is 2.39. The third kappa shape index (κ3) is 3.00. The molecule has 2 aliphatic rings. The van der Waals surface area contributed by atoms with Crippen LogP contribution in [0.25, 0.3) is 0 Å². The van der Waals surface area contributed by atoms with Crippen molar-refractivity contribution in [1.82, 2.24) is 10.2 Å². The number of hydrogen-bond donors (Lipinski definition) is 1. The maximum atomic E-state index is 13.1. The monoisotopic (exact) mass is 290 g/mol. The fourth-order valence-corrected chi connectivity index (χ4v) is 3.93. The van der Waals surface area contributed by atoms with Crippen molar-refractivity contribution in [3.05, 3.63) is 35.6 Å². The first-order valence-electron chi connectivity index (χ1n) is 8.30. The number of nitrogens with zero attached hydrogens (tertiary/aromatic N) is 1. The predicted molar refractivity (Wildman–Crippen MR) is 84.7 cm³/mol.